The summed E-state index contributed by atoms with van der Waals surface area (Å²) < 4.78 is 19.7. The number of benzene rings is 1. The molecule has 0 atom stereocenters. The molecule has 0 bridgehead atoms. The van der Waals surface area contributed by atoms with Crippen molar-refractivity contribution >= 4 is 15.9 Å². The number of nitrogens with zero attached hydrogens (tertiary/aromatic N) is 2. The van der Waals surface area contributed by atoms with Crippen molar-refractivity contribution in [2.75, 3.05) is 0 Å². The minimum atomic E-state index is -0.555. The van der Waals surface area contributed by atoms with Crippen LogP contribution in [0.5, 0.6) is 0 Å². The standard InChI is InChI=1S/C15H17BrFN3O/c16-11-7-5-6-10(12(11)17)13-19-14(20-21-13)15(18)8-3-1-2-4-9-15/h5-7H,1-4,8-9,18H2. The molecule has 0 saturated heterocycles. The van der Waals surface area contributed by atoms with Crippen LogP contribution >= 0.6 is 15.9 Å². The topological polar surface area (TPSA) is 64.9 Å². The Morgan fingerprint density at radius 2 is 1.90 bits per heavy atom. The third-order valence-electron chi connectivity index (χ3n) is 4.05. The Kier molecular flexibility index (Phi) is 4.08. The van der Waals surface area contributed by atoms with Crippen LogP contribution in [-0.2, 0) is 5.54 Å². The quantitative estimate of drug-likeness (QED) is 0.823. The molecule has 1 aromatic carbocycles. The van der Waals surface area contributed by atoms with Crippen molar-refractivity contribution in [3.05, 3.63) is 34.3 Å². The fourth-order valence-electron chi connectivity index (χ4n) is 2.79. The molecule has 1 heterocycles. The van der Waals surface area contributed by atoms with Gasteiger partial charge in [0.25, 0.3) is 5.89 Å². The Bertz CT molecular complexity index is 636. The second kappa shape index (κ2) is 5.85. The molecule has 112 valence electrons. The zero-order chi connectivity index (χ0) is 14.9. The van der Waals surface area contributed by atoms with Crippen LogP contribution in [0.15, 0.2) is 27.2 Å². The molecule has 1 aromatic heterocycles. The van der Waals surface area contributed by atoms with Crippen molar-refractivity contribution in [1.82, 2.24) is 10.1 Å². The van der Waals surface area contributed by atoms with E-state index >= 15 is 0 Å². The monoisotopic (exact) mass is 353 g/mol. The highest BCUT2D eigenvalue weighted by Gasteiger charge is 2.33. The van der Waals surface area contributed by atoms with E-state index in [0.717, 1.165) is 25.7 Å². The summed E-state index contributed by atoms with van der Waals surface area (Å²) in [5.41, 5.74) is 6.19. The molecule has 0 radical (unpaired) electrons. The average molecular weight is 354 g/mol. The molecule has 1 fully saturated rings. The van der Waals surface area contributed by atoms with E-state index in [0.29, 0.717) is 15.9 Å². The van der Waals surface area contributed by atoms with Crippen molar-refractivity contribution < 1.29 is 8.91 Å². The summed E-state index contributed by atoms with van der Waals surface area (Å²) in [5.74, 6) is 0.260. The highest BCUT2D eigenvalue weighted by atomic mass is 79.9. The molecule has 3 rings (SSSR count). The van der Waals surface area contributed by atoms with Gasteiger partial charge in [-0.1, -0.05) is 36.9 Å². The molecule has 0 amide bonds. The van der Waals surface area contributed by atoms with E-state index in [1.54, 1.807) is 18.2 Å². The number of nitrogens with two attached hydrogens (primary N) is 1. The van der Waals surface area contributed by atoms with E-state index in [4.69, 9.17) is 10.3 Å². The third kappa shape index (κ3) is 2.87. The number of hydrogen-bond acceptors (Lipinski definition) is 4. The number of rotatable bonds is 2. The predicted molar refractivity (Wildman–Crippen MR) is 81.0 cm³/mol. The maximum absolute atomic E-state index is 14.1. The van der Waals surface area contributed by atoms with E-state index in [1.165, 1.54) is 12.8 Å². The van der Waals surface area contributed by atoms with Gasteiger partial charge in [-0.25, -0.2) is 4.39 Å². The molecule has 1 aliphatic carbocycles. The molecular weight excluding hydrogens is 337 g/mol. The maximum atomic E-state index is 14.1. The van der Waals surface area contributed by atoms with Gasteiger partial charge >= 0.3 is 0 Å². The largest absolute Gasteiger partial charge is 0.334 e. The Balaban J connectivity index is 1.94. The molecule has 1 aliphatic rings. The van der Waals surface area contributed by atoms with Gasteiger partial charge in [-0.15, -0.1) is 0 Å². The molecule has 0 spiro atoms. The van der Waals surface area contributed by atoms with Crippen LogP contribution in [0.25, 0.3) is 11.5 Å². The van der Waals surface area contributed by atoms with E-state index < -0.39 is 11.4 Å². The summed E-state index contributed by atoms with van der Waals surface area (Å²) in [6.07, 6.45) is 6.17. The molecule has 2 aromatic rings. The minimum Gasteiger partial charge on any atom is -0.334 e. The van der Waals surface area contributed by atoms with E-state index in [2.05, 4.69) is 26.1 Å². The minimum absolute atomic E-state index is 0.179. The molecule has 2 N–H and O–H groups in total. The Morgan fingerprint density at radius 1 is 1.19 bits per heavy atom. The zero-order valence-corrected chi connectivity index (χ0v) is 13.2. The van der Waals surface area contributed by atoms with Crippen LogP contribution in [-0.4, -0.2) is 10.1 Å². The highest BCUT2D eigenvalue weighted by Crippen LogP contribution is 2.34. The summed E-state index contributed by atoms with van der Waals surface area (Å²) >= 11 is 3.16. The van der Waals surface area contributed by atoms with Gasteiger partial charge in [-0.3, -0.25) is 0 Å². The first-order chi connectivity index (χ1) is 10.1. The van der Waals surface area contributed by atoms with Gasteiger partial charge in [0.1, 0.15) is 5.82 Å². The molecular formula is C15H17BrFN3O. The first kappa shape index (κ1) is 14.7. The zero-order valence-electron chi connectivity index (χ0n) is 11.6. The molecule has 0 unspecified atom stereocenters. The maximum Gasteiger partial charge on any atom is 0.261 e. The molecule has 0 aliphatic heterocycles. The summed E-state index contributed by atoms with van der Waals surface area (Å²) in [6.45, 7) is 0. The lowest BCUT2D eigenvalue weighted by molar-refractivity contribution is 0.334. The number of aromatic nitrogens is 2. The summed E-state index contributed by atoms with van der Waals surface area (Å²) in [6, 6.07) is 4.98. The molecule has 21 heavy (non-hydrogen) atoms. The van der Waals surface area contributed by atoms with E-state index in [-0.39, 0.29) is 5.89 Å². The summed E-state index contributed by atoms with van der Waals surface area (Å²) in [7, 11) is 0. The lowest BCUT2D eigenvalue weighted by Gasteiger charge is -2.23. The average Bonchev–Trinajstić information content (AvgIpc) is 2.86. The first-order valence-electron chi connectivity index (χ1n) is 7.18. The van der Waals surface area contributed by atoms with Gasteiger partial charge in [0.05, 0.1) is 15.6 Å². The van der Waals surface area contributed by atoms with Crippen LogP contribution in [0.1, 0.15) is 44.3 Å². The van der Waals surface area contributed by atoms with Gasteiger partial charge in [-0.2, -0.15) is 4.98 Å². The van der Waals surface area contributed by atoms with Gasteiger partial charge in [-0.05, 0) is 40.9 Å². The van der Waals surface area contributed by atoms with Crippen LogP contribution in [0.4, 0.5) is 4.39 Å². The third-order valence-corrected chi connectivity index (χ3v) is 4.66. The Hall–Kier alpha value is -1.27. The number of halogens is 2. The fourth-order valence-corrected chi connectivity index (χ4v) is 3.15. The summed E-state index contributed by atoms with van der Waals surface area (Å²) in [4.78, 5) is 4.36. The van der Waals surface area contributed by atoms with Crippen molar-refractivity contribution in [3.63, 3.8) is 0 Å². The van der Waals surface area contributed by atoms with Crippen LogP contribution < -0.4 is 5.73 Å². The predicted octanol–water partition coefficient (Wildman–Crippen LogP) is 4.15. The van der Waals surface area contributed by atoms with E-state index in [9.17, 15) is 4.39 Å². The summed E-state index contributed by atoms with van der Waals surface area (Å²) in [5, 5.41) is 4.01. The SMILES string of the molecule is NC1(c2noc(-c3cccc(Br)c3F)n2)CCCCCC1. The number of hydrogen-bond donors (Lipinski definition) is 1. The van der Waals surface area contributed by atoms with Crippen LogP contribution in [0.3, 0.4) is 0 Å². The van der Waals surface area contributed by atoms with E-state index in [1.807, 2.05) is 0 Å². The molecule has 6 heteroatoms. The highest BCUT2D eigenvalue weighted by molar-refractivity contribution is 9.10. The van der Waals surface area contributed by atoms with Gasteiger partial charge in [0.2, 0.25) is 0 Å². The van der Waals surface area contributed by atoms with Gasteiger partial charge in [0, 0.05) is 0 Å². The van der Waals surface area contributed by atoms with Crippen LogP contribution in [0.2, 0.25) is 0 Å². The lowest BCUT2D eigenvalue weighted by Crippen LogP contribution is -2.37. The fraction of sp³-hybridized carbons (Fsp3) is 0.467. The van der Waals surface area contributed by atoms with Crippen molar-refractivity contribution in [3.8, 4) is 11.5 Å². The molecule has 1 saturated carbocycles. The second-order valence-corrected chi connectivity index (χ2v) is 6.45. The van der Waals surface area contributed by atoms with Crippen molar-refractivity contribution in [2.24, 2.45) is 5.73 Å². The van der Waals surface area contributed by atoms with Crippen molar-refractivity contribution in [2.45, 2.75) is 44.1 Å². The molecule has 4 nitrogen and oxygen atoms in total. The van der Waals surface area contributed by atoms with Gasteiger partial charge in [0.15, 0.2) is 5.82 Å². The smallest absolute Gasteiger partial charge is 0.261 e. The first-order valence-corrected chi connectivity index (χ1v) is 7.97. The van der Waals surface area contributed by atoms with Crippen molar-refractivity contribution in [1.29, 1.82) is 0 Å². The van der Waals surface area contributed by atoms with Crippen LogP contribution in [0, 0.1) is 5.82 Å². The Labute approximate surface area is 131 Å². The second-order valence-electron chi connectivity index (χ2n) is 5.59. The van der Waals surface area contributed by atoms with Gasteiger partial charge < -0.3 is 10.3 Å². The lowest BCUT2D eigenvalue weighted by atomic mass is 9.91. The normalized spacial score (nSPS) is 18.4. The Morgan fingerprint density at radius 3 is 2.62 bits per heavy atom.